The number of amides is 3. The molecule has 30 heavy (non-hydrogen) atoms. The minimum absolute atomic E-state index is 0.228. The zero-order valence-electron chi connectivity index (χ0n) is 16.4. The van der Waals surface area contributed by atoms with Crippen LogP contribution in [0.25, 0.3) is 0 Å². The SMILES string of the molecule is COC(=O)N=C(NC(=O)OC)Nc1cc([S+]([O-])c2ccccc2)ccc1NC(C)=O. The second-order valence-electron chi connectivity index (χ2n) is 5.64. The summed E-state index contributed by atoms with van der Waals surface area (Å²) >= 11 is -1.51. The van der Waals surface area contributed by atoms with Crippen LogP contribution in [0, 0.1) is 0 Å². The summed E-state index contributed by atoms with van der Waals surface area (Å²) in [7, 11) is 2.26. The third kappa shape index (κ3) is 6.50. The monoisotopic (exact) mass is 432 g/mol. The lowest BCUT2D eigenvalue weighted by atomic mass is 10.2. The van der Waals surface area contributed by atoms with Crippen molar-refractivity contribution in [3.05, 3.63) is 48.5 Å². The summed E-state index contributed by atoms with van der Waals surface area (Å²) in [4.78, 5) is 39.2. The van der Waals surface area contributed by atoms with Crippen LogP contribution in [0.2, 0.25) is 0 Å². The molecular formula is C19H20N4O6S. The van der Waals surface area contributed by atoms with E-state index in [0.29, 0.717) is 15.5 Å². The molecule has 0 aromatic heterocycles. The van der Waals surface area contributed by atoms with Crippen LogP contribution in [0.1, 0.15) is 6.92 Å². The highest BCUT2D eigenvalue weighted by atomic mass is 32.2. The van der Waals surface area contributed by atoms with Crippen LogP contribution >= 0.6 is 0 Å². The standard InChI is InChI=1S/C19H20N4O6S/c1-12(24)20-15-10-9-14(30(27)13-7-5-4-6-8-13)11-16(15)21-17(22-18(25)28-2)23-19(26)29-3/h4-11H,1-3H3,(H,20,24)(H2,21,22,23,25,26). The minimum atomic E-state index is -1.51. The van der Waals surface area contributed by atoms with Gasteiger partial charge in [0.25, 0.3) is 0 Å². The third-order valence-electron chi connectivity index (χ3n) is 3.51. The Bertz CT molecular complexity index is 951. The first-order chi connectivity index (χ1) is 14.3. The maximum Gasteiger partial charge on any atom is 0.436 e. The van der Waals surface area contributed by atoms with Gasteiger partial charge < -0.3 is 24.7 Å². The number of nitrogens with one attached hydrogen (secondary N) is 3. The molecule has 0 spiro atoms. The van der Waals surface area contributed by atoms with Crippen LogP contribution in [-0.4, -0.2) is 42.8 Å². The highest BCUT2D eigenvalue weighted by Gasteiger charge is 2.19. The van der Waals surface area contributed by atoms with Crippen LogP contribution in [-0.2, 0) is 25.4 Å². The van der Waals surface area contributed by atoms with E-state index in [-0.39, 0.29) is 17.6 Å². The van der Waals surface area contributed by atoms with E-state index < -0.39 is 23.4 Å². The van der Waals surface area contributed by atoms with Crippen molar-refractivity contribution in [2.45, 2.75) is 16.7 Å². The minimum Gasteiger partial charge on any atom is -0.606 e. The van der Waals surface area contributed by atoms with Crippen molar-refractivity contribution in [3.63, 3.8) is 0 Å². The molecule has 0 radical (unpaired) electrons. The van der Waals surface area contributed by atoms with Crippen LogP contribution < -0.4 is 16.0 Å². The Balaban J connectivity index is 2.44. The molecule has 0 aliphatic rings. The lowest BCUT2D eigenvalue weighted by molar-refractivity contribution is -0.114. The normalized spacial score (nSPS) is 11.8. The van der Waals surface area contributed by atoms with Crippen molar-refractivity contribution >= 4 is 46.6 Å². The average Bonchev–Trinajstić information content (AvgIpc) is 2.74. The Hall–Kier alpha value is -3.57. The molecular weight excluding hydrogens is 412 g/mol. The number of rotatable bonds is 4. The lowest BCUT2D eigenvalue weighted by Gasteiger charge is -2.16. The molecule has 11 heteroatoms. The molecule has 1 atom stereocenters. The number of carbonyl (C=O) groups is 3. The molecule has 1 unspecified atom stereocenters. The van der Waals surface area contributed by atoms with Gasteiger partial charge in [-0.05, 0) is 24.3 Å². The second-order valence-corrected chi connectivity index (χ2v) is 7.12. The van der Waals surface area contributed by atoms with Crippen LogP contribution in [0.15, 0.2) is 63.3 Å². The van der Waals surface area contributed by atoms with E-state index in [9.17, 15) is 18.9 Å². The van der Waals surface area contributed by atoms with Gasteiger partial charge >= 0.3 is 12.2 Å². The highest BCUT2D eigenvalue weighted by molar-refractivity contribution is 7.91. The molecule has 3 N–H and O–H groups in total. The number of anilines is 2. The van der Waals surface area contributed by atoms with Crippen LogP contribution in [0.5, 0.6) is 0 Å². The van der Waals surface area contributed by atoms with Gasteiger partial charge in [-0.3, -0.25) is 10.1 Å². The molecule has 0 heterocycles. The van der Waals surface area contributed by atoms with Crippen molar-refractivity contribution < 1.29 is 28.4 Å². The van der Waals surface area contributed by atoms with Gasteiger partial charge in [0.1, 0.15) is 0 Å². The number of methoxy groups -OCH3 is 2. The fraction of sp³-hybridized carbons (Fsp3) is 0.158. The summed E-state index contributed by atoms with van der Waals surface area (Å²) < 4.78 is 21.8. The fourth-order valence-corrected chi connectivity index (χ4v) is 3.31. The van der Waals surface area contributed by atoms with Crippen LogP contribution in [0.3, 0.4) is 0 Å². The number of carbonyl (C=O) groups excluding carboxylic acids is 3. The number of guanidine groups is 1. The molecule has 3 amide bonds. The first-order valence-corrected chi connectivity index (χ1v) is 9.66. The van der Waals surface area contributed by atoms with E-state index in [1.807, 2.05) is 6.07 Å². The van der Waals surface area contributed by atoms with Crippen molar-refractivity contribution in [2.24, 2.45) is 4.99 Å². The maximum atomic E-state index is 12.9. The van der Waals surface area contributed by atoms with E-state index in [4.69, 9.17) is 0 Å². The number of benzene rings is 2. The van der Waals surface area contributed by atoms with E-state index >= 15 is 0 Å². The molecule has 2 aromatic carbocycles. The van der Waals surface area contributed by atoms with Crippen molar-refractivity contribution in [1.82, 2.24) is 5.32 Å². The largest absolute Gasteiger partial charge is 0.606 e. The number of ether oxygens (including phenoxy) is 2. The van der Waals surface area contributed by atoms with Gasteiger partial charge in [0.05, 0.1) is 25.6 Å². The molecule has 0 fully saturated rings. The molecule has 2 aromatic rings. The Morgan fingerprint density at radius 1 is 0.933 bits per heavy atom. The summed E-state index contributed by atoms with van der Waals surface area (Å²) in [5, 5.41) is 7.55. The number of alkyl carbamates (subject to hydrolysis) is 1. The molecule has 0 saturated heterocycles. The Morgan fingerprint density at radius 3 is 2.23 bits per heavy atom. The topological polar surface area (TPSA) is 141 Å². The van der Waals surface area contributed by atoms with Crippen molar-refractivity contribution in [1.29, 1.82) is 0 Å². The van der Waals surface area contributed by atoms with E-state index in [1.54, 1.807) is 30.3 Å². The Kier molecular flexibility index (Phi) is 8.20. The number of hydrogen-bond acceptors (Lipinski definition) is 6. The molecule has 2 rings (SSSR count). The fourth-order valence-electron chi connectivity index (χ4n) is 2.22. The quantitative estimate of drug-likeness (QED) is 0.383. The molecule has 0 bridgehead atoms. The first kappa shape index (κ1) is 22.7. The number of aliphatic imine (C=N–C) groups is 1. The zero-order valence-corrected chi connectivity index (χ0v) is 17.2. The predicted molar refractivity (Wildman–Crippen MR) is 111 cm³/mol. The third-order valence-corrected chi connectivity index (χ3v) is 4.89. The smallest absolute Gasteiger partial charge is 0.436 e. The van der Waals surface area contributed by atoms with Gasteiger partial charge in [-0.1, -0.05) is 18.2 Å². The summed E-state index contributed by atoms with van der Waals surface area (Å²) in [6.45, 7) is 1.32. The highest BCUT2D eigenvalue weighted by Crippen LogP contribution is 2.29. The van der Waals surface area contributed by atoms with Crippen molar-refractivity contribution in [3.8, 4) is 0 Å². The lowest BCUT2D eigenvalue weighted by Crippen LogP contribution is -2.36. The second kappa shape index (κ2) is 10.8. The van der Waals surface area contributed by atoms with Gasteiger partial charge in [-0.2, -0.15) is 0 Å². The van der Waals surface area contributed by atoms with Gasteiger partial charge in [0, 0.05) is 24.2 Å². The average molecular weight is 432 g/mol. The summed E-state index contributed by atoms with van der Waals surface area (Å²) in [6, 6.07) is 13.4. The summed E-state index contributed by atoms with van der Waals surface area (Å²) in [5.74, 6) is -0.676. The van der Waals surface area contributed by atoms with E-state index in [0.717, 1.165) is 14.2 Å². The molecule has 0 aliphatic heterocycles. The van der Waals surface area contributed by atoms with Crippen molar-refractivity contribution in [2.75, 3.05) is 24.9 Å². The van der Waals surface area contributed by atoms with Gasteiger partial charge in [0.2, 0.25) is 11.9 Å². The predicted octanol–water partition coefficient (Wildman–Crippen LogP) is 2.70. The van der Waals surface area contributed by atoms with Crippen LogP contribution in [0.4, 0.5) is 21.0 Å². The molecule has 0 saturated carbocycles. The summed E-state index contributed by atoms with van der Waals surface area (Å²) in [5.41, 5.74) is 0.534. The molecule has 0 aliphatic carbocycles. The molecule has 10 nitrogen and oxygen atoms in total. The first-order valence-electron chi connectivity index (χ1n) is 8.51. The molecule has 158 valence electrons. The van der Waals surface area contributed by atoms with E-state index in [1.165, 1.54) is 19.1 Å². The zero-order chi connectivity index (χ0) is 22.1. The van der Waals surface area contributed by atoms with Gasteiger partial charge in [-0.25, -0.2) is 9.59 Å². The Labute approximate surface area is 175 Å². The number of hydrogen-bond donors (Lipinski definition) is 3. The Morgan fingerprint density at radius 2 is 1.63 bits per heavy atom. The van der Waals surface area contributed by atoms with Gasteiger partial charge in [0.15, 0.2) is 9.79 Å². The maximum absolute atomic E-state index is 12.9. The van der Waals surface area contributed by atoms with E-state index in [2.05, 4.69) is 30.4 Å². The summed E-state index contributed by atoms with van der Waals surface area (Å²) in [6.07, 6.45) is -1.88. The van der Waals surface area contributed by atoms with Gasteiger partial charge in [-0.15, -0.1) is 4.99 Å². The number of nitrogens with zero attached hydrogens (tertiary/aromatic N) is 1.